The van der Waals surface area contributed by atoms with Crippen LogP contribution in [0.5, 0.6) is 0 Å². The molecule has 1 saturated heterocycles. The number of carbonyl (C=O) groups is 1. The molecule has 224 valence electrons. The van der Waals surface area contributed by atoms with Gasteiger partial charge in [-0.15, -0.1) is 0 Å². The highest BCUT2D eigenvalue weighted by molar-refractivity contribution is 7.85. The highest BCUT2D eigenvalue weighted by Crippen LogP contribution is 2.52. The maximum absolute atomic E-state index is 15.2. The maximum Gasteiger partial charge on any atom is 0.211 e. The number of hydrogen-bond donors (Lipinski definition) is 3. The lowest BCUT2D eigenvalue weighted by atomic mass is 9.63. The number of rotatable bonds is 7. The minimum Gasteiger partial charge on any atom is -0.329 e. The third-order valence-corrected chi connectivity index (χ3v) is 8.12. The van der Waals surface area contributed by atoms with Crippen molar-refractivity contribution in [2.75, 3.05) is 16.3 Å². The van der Waals surface area contributed by atoms with Gasteiger partial charge in [0.1, 0.15) is 28.0 Å². The predicted octanol–water partition coefficient (Wildman–Crippen LogP) is 7.57. The zero-order valence-corrected chi connectivity index (χ0v) is 26.3. The van der Waals surface area contributed by atoms with Crippen LogP contribution in [0.25, 0.3) is 0 Å². The molecule has 1 aliphatic heterocycles. The lowest BCUT2D eigenvalue weighted by molar-refractivity contribution is -0.105. The van der Waals surface area contributed by atoms with Gasteiger partial charge in [-0.1, -0.05) is 62.2 Å². The summed E-state index contributed by atoms with van der Waals surface area (Å²) >= 11 is 12.0. The Bertz CT molecular complexity index is 1480. The van der Waals surface area contributed by atoms with E-state index >= 15 is 8.78 Å². The highest BCUT2D eigenvalue weighted by atomic mass is 35.5. The average Bonchev–Trinajstić information content (AvgIpc) is 3.16. The largest absolute Gasteiger partial charge is 0.329 e. The van der Waals surface area contributed by atoms with E-state index in [0.717, 1.165) is 5.69 Å². The van der Waals surface area contributed by atoms with Gasteiger partial charge in [0.2, 0.25) is 6.41 Å². The van der Waals surface area contributed by atoms with E-state index in [1.807, 2.05) is 6.92 Å². The van der Waals surface area contributed by atoms with E-state index in [1.165, 1.54) is 12.1 Å². The van der Waals surface area contributed by atoms with E-state index in [-0.39, 0.29) is 33.1 Å². The predicted molar refractivity (Wildman–Crippen MR) is 167 cm³/mol. The van der Waals surface area contributed by atoms with Gasteiger partial charge >= 0.3 is 0 Å². The van der Waals surface area contributed by atoms with Crippen molar-refractivity contribution < 1.29 is 17.8 Å². The first-order valence-electron chi connectivity index (χ1n) is 13.2. The second-order valence-corrected chi connectivity index (χ2v) is 13.4. The van der Waals surface area contributed by atoms with E-state index in [4.69, 9.17) is 23.2 Å². The van der Waals surface area contributed by atoms with Gasteiger partial charge in [-0.25, -0.2) is 13.0 Å². The van der Waals surface area contributed by atoms with Crippen molar-refractivity contribution in [1.29, 1.82) is 5.26 Å². The van der Waals surface area contributed by atoms with Gasteiger partial charge in [0.05, 0.1) is 11.1 Å². The van der Waals surface area contributed by atoms with Gasteiger partial charge in [-0.2, -0.15) is 5.26 Å². The molecule has 0 bridgehead atoms. The number of carbonyl (C=O) groups excluding carboxylic acids is 1. The minimum atomic E-state index is -1.33. The van der Waals surface area contributed by atoms with Crippen LogP contribution >= 0.6 is 23.2 Å². The summed E-state index contributed by atoms with van der Waals surface area (Å²) in [7, 11) is -1.07. The van der Waals surface area contributed by atoms with E-state index in [2.05, 4.69) is 42.2 Å². The number of amides is 1. The molecule has 3 N–H and O–H groups in total. The van der Waals surface area contributed by atoms with E-state index in [9.17, 15) is 14.3 Å². The monoisotopic (exact) mass is 634 g/mol. The van der Waals surface area contributed by atoms with Gasteiger partial charge in [0, 0.05) is 46.2 Å². The number of benzene rings is 3. The summed E-state index contributed by atoms with van der Waals surface area (Å²) in [6, 6.07) is 17.8. The van der Waals surface area contributed by atoms with E-state index in [0.29, 0.717) is 24.1 Å². The van der Waals surface area contributed by atoms with Crippen LogP contribution in [0.1, 0.15) is 51.2 Å². The van der Waals surface area contributed by atoms with Crippen molar-refractivity contribution in [3.8, 4) is 6.07 Å². The number of halogens is 4. The molecule has 0 saturated carbocycles. The molecule has 1 heterocycles. The fourth-order valence-electron chi connectivity index (χ4n) is 5.52. The SMILES string of the molecule is CS(=O)Nc1ccc(NC=O)cc1.C[C@@H]1NC(CC(C)(C)C)[C@](C#N)(c2ccc(Cl)cc2F)C1c1cccc(Cl)c1F. The van der Waals surface area contributed by atoms with Crippen molar-refractivity contribution in [3.05, 3.63) is 93.5 Å². The molecule has 11 heteroatoms. The summed E-state index contributed by atoms with van der Waals surface area (Å²) in [5, 5.41) is 16.7. The van der Waals surface area contributed by atoms with Gasteiger partial charge in [0.25, 0.3) is 0 Å². The van der Waals surface area contributed by atoms with Crippen molar-refractivity contribution in [3.63, 3.8) is 0 Å². The topological polar surface area (TPSA) is 94.0 Å². The zero-order chi connectivity index (χ0) is 31.2. The van der Waals surface area contributed by atoms with Crippen LogP contribution < -0.4 is 15.4 Å². The molecule has 5 atom stereocenters. The molecule has 0 spiro atoms. The van der Waals surface area contributed by atoms with Crippen molar-refractivity contribution in [2.24, 2.45) is 5.41 Å². The van der Waals surface area contributed by atoms with Crippen molar-refractivity contribution in [1.82, 2.24) is 5.32 Å². The normalized spacial score (nSPS) is 22.3. The smallest absolute Gasteiger partial charge is 0.211 e. The minimum absolute atomic E-state index is 0.0163. The molecule has 4 rings (SSSR count). The summed E-state index contributed by atoms with van der Waals surface area (Å²) in [6.07, 6.45) is 2.77. The molecular weight excluding hydrogens is 601 g/mol. The molecule has 3 unspecified atom stereocenters. The third-order valence-electron chi connectivity index (χ3n) is 7.07. The van der Waals surface area contributed by atoms with Crippen LogP contribution in [0.3, 0.4) is 0 Å². The molecule has 1 fully saturated rings. The molecule has 0 aliphatic carbocycles. The number of nitrogens with one attached hydrogen (secondary N) is 3. The van der Waals surface area contributed by atoms with E-state index < -0.39 is 34.0 Å². The zero-order valence-electron chi connectivity index (χ0n) is 24.0. The first-order valence-corrected chi connectivity index (χ1v) is 15.5. The number of nitriles is 1. The standard InChI is InChI=1S/C23H24Cl2F2N2.C8H10N2O2S/c1-13-20(15-6-5-7-17(25)21(15)27)23(12-28,19(29-13)11-22(2,3)4)16-9-8-14(24)10-18(16)26;1-13(12)10-8-4-2-7(3-5-8)9-6-11/h5-10,13,19-20,29H,11H2,1-4H3;2-6,10H,1H3,(H,9,11)/t13-,19?,20?,23-;/m0./s1. The summed E-state index contributed by atoms with van der Waals surface area (Å²) in [5.74, 6) is -1.77. The van der Waals surface area contributed by atoms with Crippen LogP contribution in [0.4, 0.5) is 20.2 Å². The number of anilines is 2. The molecule has 0 aromatic heterocycles. The lowest BCUT2D eigenvalue weighted by Crippen LogP contribution is -2.44. The Balaban J connectivity index is 0.000000312. The Hall–Kier alpha value is -3.03. The third kappa shape index (κ3) is 7.67. The summed E-state index contributed by atoms with van der Waals surface area (Å²) in [5.41, 5.74) is 0.543. The van der Waals surface area contributed by atoms with Crippen LogP contribution in [0.2, 0.25) is 10.0 Å². The average molecular weight is 636 g/mol. The fourth-order valence-corrected chi connectivity index (χ4v) is 6.33. The molecule has 1 aliphatic rings. The summed E-state index contributed by atoms with van der Waals surface area (Å²) < 4.78 is 43.7. The highest BCUT2D eigenvalue weighted by Gasteiger charge is 2.58. The second-order valence-electron chi connectivity index (χ2n) is 11.4. The van der Waals surface area contributed by atoms with E-state index in [1.54, 1.807) is 54.8 Å². The van der Waals surface area contributed by atoms with Crippen molar-refractivity contribution >= 4 is 52.0 Å². The van der Waals surface area contributed by atoms with Crippen molar-refractivity contribution in [2.45, 2.75) is 57.5 Å². The lowest BCUT2D eigenvalue weighted by Gasteiger charge is -2.37. The molecule has 6 nitrogen and oxygen atoms in total. The summed E-state index contributed by atoms with van der Waals surface area (Å²) in [6.45, 7) is 8.08. The Morgan fingerprint density at radius 1 is 1.10 bits per heavy atom. The van der Waals surface area contributed by atoms with Crippen LogP contribution in [-0.2, 0) is 21.2 Å². The number of hydrogen-bond acceptors (Lipinski definition) is 4. The quantitative estimate of drug-likeness (QED) is 0.234. The van der Waals surface area contributed by atoms with Gasteiger partial charge in [-0.05, 0) is 66.8 Å². The Morgan fingerprint density at radius 2 is 1.74 bits per heavy atom. The Labute approximate surface area is 258 Å². The molecule has 1 amide bonds. The van der Waals surface area contributed by atoms with Gasteiger partial charge in [-0.3, -0.25) is 4.79 Å². The first kappa shape index (κ1) is 33.5. The first-order chi connectivity index (χ1) is 19.7. The maximum atomic E-state index is 15.2. The second kappa shape index (κ2) is 14.0. The van der Waals surface area contributed by atoms with Crippen LogP contribution in [0, 0.1) is 28.4 Å². The Kier molecular flexibility index (Phi) is 11.1. The molecule has 0 radical (unpaired) electrons. The molecule has 3 aromatic carbocycles. The molecular formula is C31H34Cl2F2N4O2S. The van der Waals surface area contributed by atoms with Gasteiger partial charge < -0.3 is 15.4 Å². The Morgan fingerprint density at radius 3 is 2.29 bits per heavy atom. The number of nitrogens with zero attached hydrogens (tertiary/aromatic N) is 1. The summed E-state index contributed by atoms with van der Waals surface area (Å²) in [4.78, 5) is 10.1. The van der Waals surface area contributed by atoms with Crippen LogP contribution in [-0.4, -0.2) is 29.0 Å². The molecule has 42 heavy (non-hydrogen) atoms. The molecule has 3 aromatic rings. The van der Waals surface area contributed by atoms with Gasteiger partial charge in [0.15, 0.2) is 0 Å². The fraction of sp³-hybridized carbons (Fsp3) is 0.355. The van der Waals surface area contributed by atoms with Crippen LogP contribution in [0.15, 0.2) is 60.7 Å².